The minimum atomic E-state index is 0.683. The smallest absolute Gasteiger partial charge is 0.220 e. The lowest BCUT2D eigenvalue weighted by molar-refractivity contribution is 0.345. The van der Waals surface area contributed by atoms with E-state index >= 15 is 0 Å². The van der Waals surface area contributed by atoms with Crippen molar-refractivity contribution < 1.29 is 4.74 Å². The third-order valence-electron chi connectivity index (χ3n) is 3.64. The number of nitrogens with zero attached hydrogens (tertiary/aromatic N) is 2. The molecule has 1 aliphatic rings. The highest BCUT2D eigenvalue weighted by Gasteiger charge is 2.22. The van der Waals surface area contributed by atoms with Crippen molar-refractivity contribution in [2.45, 2.75) is 6.42 Å². The van der Waals surface area contributed by atoms with Crippen LogP contribution in [-0.4, -0.2) is 16.6 Å². The molecule has 1 aromatic heterocycles. The number of benzene rings is 2. The zero-order chi connectivity index (χ0) is 14.1. The molecule has 2 aromatic carbocycles. The standard InChI is InChI=1S/C18H14N2O/c1-3-7-13(8-4-1)16-15-11-12-21-18(15)20-17(19-16)14-9-5-2-6-10-14/h1-10H,11-12H2. The lowest BCUT2D eigenvalue weighted by Crippen LogP contribution is -1.97. The minimum absolute atomic E-state index is 0.683. The van der Waals surface area contributed by atoms with Crippen LogP contribution in [0.1, 0.15) is 5.56 Å². The Morgan fingerprint density at radius 3 is 2.14 bits per heavy atom. The first-order valence-electron chi connectivity index (χ1n) is 7.06. The Balaban J connectivity index is 1.92. The van der Waals surface area contributed by atoms with Crippen LogP contribution < -0.4 is 4.74 Å². The minimum Gasteiger partial charge on any atom is -0.477 e. The molecule has 0 unspecified atom stereocenters. The van der Waals surface area contributed by atoms with E-state index in [2.05, 4.69) is 17.1 Å². The molecule has 21 heavy (non-hydrogen) atoms. The zero-order valence-electron chi connectivity index (χ0n) is 11.5. The fourth-order valence-corrected chi connectivity index (χ4v) is 2.61. The van der Waals surface area contributed by atoms with E-state index in [1.807, 2.05) is 48.5 Å². The Morgan fingerprint density at radius 2 is 1.43 bits per heavy atom. The van der Waals surface area contributed by atoms with Gasteiger partial charge in [0, 0.05) is 23.1 Å². The molecule has 4 rings (SSSR count). The van der Waals surface area contributed by atoms with Gasteiger partial charge < -0.3 is 4.74 Å². The molecule has 102 valence electrons. The van der Waals surface area contributed by atoms with Gasteiger partial charge in [-0.15, -0.1) is 0 Å². The van der Waals surface area contributed by atoms with E-state index in [1.165, 1.54) is 0 Å². The van der Waals surface area contributed by atoms with Crippen molar-refractivity contribution >= 4 is 0 Å². The van der Waals surface area contributed by atoms with Crippen molar-refractivity contribution in [1.82, 2.24) is 9.97 Å². The first kappa shape index (κ1) is 12.1. The molecule has 0 saturated heterocycles. The summed E-state index contributed by atoms with van der Waals surface area (Å²) in [6.45, 7) is 0.683. The van der Waals surface area contributed by atoms with Gasteiger partial charge in [-0.2, -0.15) is 4.98 Å². The summed E-state index contributed by atoms with van der Waals surface area (Å²) in [5.74, 6) is 1.44. The Kier molecular flexibility index (Phi) is 2.89. The van der Waals surface area contributed by atoms with Gasteiger partial charge in [-0.05, 0) is 0 Å². The summed E-state index contributed by atoms with van der Waals surface area (Å²) in [6, 6.07) is 20.3. The molecule has 0 radical (unpaired) electrons. The van der Waals surface area contributed by atoms with Gasteiger partial charge in [0.25, 0.3) is 0 Å². The van der Waals surface area contributed by atoms with Crippen molar-refractivity contribution in [1.29, 1.82) is 0 Å². The second-order valence-electron chi connectivity index (χ2n) is 5.01. The maximum Gasteiger partial charge on any atom is 0.220 e. The van der Waals surface area contributed by atoms with Gasteiger partial charge >= 0.3 is 0 Å². The fourth-order valence-electron chi connectivity index (χ4n) is 2.61. The molecular formula is C18H14N2O. The SMILES string of the molecule is c1ccc(-c2nc3c(c(-c4ccccc4)n2)CCO3)cc1. The molecule has 0 N–H and O–H groups in total. The summed E-state index contributed by atoms with van der Waals surface area (Å²) in [6.07, 6.45) is 0.870. The first-order chi connectivity index (χ1) is 10.4. The average Bonchev–Trinajstić information content (AvgIpc) is 3.04. The zero-order valence-corrected chi connectivity index (χ0v) is 11.5. The summed E-state index contributed by atoms with van der Waals surface area (Å²) in [7, 11) is 0. The van der Waals surface area contributed by atoms with Crippen LogP contribution in [0.25, 0.3) is 22.6 Å². The molecule has 3 heteroatoms. The Labute approximate surface area is 123 Å². The number of rotatable bonds is 2. The van der Waals surface area contributed by atoms with Crippen LogP contribution in [0.3, 0.4) is 0 Å². The number of aromatic nitrogens is 2. The van der Waals surface area contributed by atoms with Gasteiger partial charge in [0.15, 0.2) is 5.82 Å². The van der Waals surface area contributed by atoms with Gasteiger partial charge in [-0.3, -0.25) is 0 Å². The lowest BCUT2D eigenvalue weighted by Gasteiger charge is -2.09. The van der Waals surface area contributed by atoms with Crippen molar-refractivity contribution in [3.8, 4) is 28.5 Å². The maximum absolute atomic E-state index is 5.67. The first-order valence-corrected chi connectivity index (χ1v) is 7.06. The molecule has 2 heterocycles. The van der Waals surface area contributed by atoms with Gasteiger partial charge in [-0.1, -0.05) is 60.7 Å². The highest BCUT2D eigenvalue weighted by Crippen LogP contribution is 2.34. The van der Waals surface area contributed by atoms with Crippen LogP contribution >= 0.6 is 0 Å². The Morgan fingerprint density at radius 1 is 0.762 bits per heavy atom. The van der Waals surface area contributed by atoms with E-state index in [0.29, 0.717) is 6.61 Å². The van der Waals surface area contributed by atoms with Crippen molar-refractivity contribution in [2.24, 2.45) is 0 Å². The number of hydrogen-bond donors (Lipinski definition) is 0. The molecule has 3 nitrogen and oxygen atoms in total. The fraction of sp³-hybridized carbons (Fsp3) is 0.111. The van der Waals surface area contributed by atoms with Crippen molar-refractivity contribution in [2.75, 3.05) is 6.61 Å². The van der Waals surface area contributed by atoms with Crippen molar-refractivity contribution in [3.05, 3.63) is 66.2 Å². The topological polar surface area (TPSA) is 35.0 Å². The van der Waals surface area contributed by atoms with Crippen LogP contribution in [0.4, 0.5) is 0 Å². The molecule has 0 fully saturated rings. The van der Waals surface area contributed by atoms with Crippen molar-refractivity contribution in [3.63, 3.8) is 0 Å². The van der Waals surface area contributed by atoms with Crippen LogP contribution in [-0.2, 0) is 6.42 Å². The summed E-state index contributed by atoms with van der Waals surface area (Å²) in [4.78, 5) is 9.37. The summed E-state index contributed by atoms with van der Waals surface area (Å²) < 4.78 is 5.67. The van der Waals surface area contributed by atoms with E-state index in [4.69, 9.17) is 9.72 Å². The monoisotopic (exact) mass is 274 g/mol. The van der Waals surface area contributed by atoms with Gasteiger partial charge in [0.1, 0.15) is 0 Å². The lowest BCUT2D eigenvalue weighted by atomic mass is 10.0. The van der Waals surface area contributed by atoms with Gasteiger partial charge in [-0.25, -0.2) is 4.98 Å². The molecule has 0 amide bonds. The molecule has 1 aliphatic heterocycles. The van der Waals surface area contributed by atoms with Crippen LogP contribution in [0.15, 0.2) is 60.7 Å². The quantitative estimate of drug-likeness (QED) is 0.714. The highest BCUT2D eigenvalue weighted by atomic mass is 16.5. The molecule has 0 atom stereocenters. The van der Waals surface area contributed by atoms with Crippen LogP contribution in [0, 0.1) is 0 Å². The number of hydrogen-bond acceptors (Lipinski definition) is 3. The van der Waals surface area contributed by atoms with E-state index in [-0.39, 0.29) is 0 Å². The Bertz CT molecular complexity index is 770. The van der Waals surface area contributed by atoms with E-state index in [1.54, 1.807) is 0 Å². The molecule has 0 bridgehead atoms. The molecule has 0 spiro atoms. The molecular weight excluding hydrogens is 260 g/mol. The normalized spacial score (nSPS) is 12.8. The van der Waals surface area contributed by atoms with Gasteiger partial charge in [0.05, 0.1) is 12.3 Å². The predicted molar refractivity (Wildman–Crippen MR) is 82.1 cm³/mol. The van der Waals surface area contributed by atoms with Crippen LogP contribution in [0.2, 0.25) is 0 Å². The third kappa shape index (κ3) is 2.17. The van der Waals surface area contributed by atoms with Crippen LogP contribution in [0.5, 0.6) is 5.88 Å². The molecule has 3 aromatic rings. The van der Waals surface area contributed by atoms with E-state index < -0.39 is 0 Å². The summed E-state index contributed by atoms with van der Waals surface area (Å²) >= 11 is 0. The summed E-state index contributed by atoms with van der Waals surface area (Å²) in [5, 5.41) is 0. The molecule has 0 saturated carbocycles. The largest absolute Gasteiger partial charge is 0.477 e. The predicted octanol–water partition coefficient (Wildman–Crippen LogP) is 3.75. The number of fused-ring (bicyclic) bond motifs is 1. The second-order valence-corrected chi connectivity index (χ2v) is 5.01. The number of ether oxygens (including phenoxy) is 1. The summed E-state index contributed by atoms with van der Waals surface area (Å²) in [5.41, 5.74) is 4.21. The van der Waals surface area contributed by atoms with Gasteiger partial charge in [0.2, 0.25) is 5.88 Å². The highest BCUT2D eigenvalue weighted by molar-refractivity contribution is 5.69. The van der Waals surface area contributed by atoms with E-state index in [9.17, 15) is 0 Å². The second kappa shape index (κ2) is 5.02. The molecule has 0 aliphatic carbocycles. The Hall–Kier alpha value is -2.68. The van der Waals surface area contributed by atoms with E-state index in [0.717, 1.165) is 40.5 Å². The average molecular weight is 274 g/mol. The third-order valence-corrected chi connectivity index (χ3v) is 3.64. The maximum atomic E-state index is 5.67.